The van der Waals surface area contributed by atoms with Crippen molar-refractivity contribution in [1.82, 2.24) is 15.5 Å². The van der Waals surface area contributed by atoms with Gasteiger partial charge in [-0.1, -0.05) is 42.5 Å². The first-order valence-corrected chi connectivity index (χ1v) is 14.7. The summed E-state index contributed by atoms with van der Waals surface area (Å²) in [5.41, 5.74) is 11.8. The summed E-state index contributed by atoms with van der Waals surface area (Å²) < 4.78 is 95.2. The van der Waals surface area contributed by atoms with E-state index in [4.69, 9.17) is 35.4 Å². The number of halogens is 9. The van der Waals surface area contributed by atoms with Crippen molar-refractivity contribution in [3.05, 3.63) is 89.5 Å². The molecule has 0 radical (unpaired) electrons. The Bertz CT molecular complexity index is 1640. The maximum Gasteiger partial charge on any atom is 0.490 e. The van der Waals surface area contributed by atoms with Gasteiger partial charge in [0.1, 0.15) is 0 Å². The van der Waals surface area contributed by atoms with Gasteiger partial charge in [-0.05, 0) is 59.0 Å². The molecule has 2 fully saturated rings. The molecule has 3 aromatic carbocycles. The summed E-state index contributed by atoms with van der Waals surface area (Å²) in [4.78, 5) is 41.7. The van der Waals surface area contributed by atoms with Crippen LogP contribution in [0, 0.1) is 0 Å². The van der Waals surface area contributed by atoms with Crippen molar-refractivity contribution in [3.8, 4) is 11.1 Å². The molecule has 3 aromatic rings. The van der Waals surface area contributed by atoms with Gasteiger partial charge in [0.25, 0.3) is 5.91 Å². The molecule has 0 saturated carbocycles. The largest absolute Gasteiger partial charge is 0.490 e. The van der Waals surface area contributed by atoms with Crippen molar-refractivity contribution in [2.24, 2.45) is 0 Å². The maximum absolute atomic E-state index is 12.4. The number of likely N-dealkylation sites (tertiary alicyclic amines) is 1. The average Bonchev–Trinajstić information content (AvgIpc) is 3.67. The first-order chi connectivity index (χ1) is 24.0. The molecule has 2 aliphatic rings. The van der Waals surface area contributed by atoms with Gasteiger partial charge in [0, 0.05) is 49.5 Å². The van der Waals surface area contributed by atoms with E-state index in [0.29, 0.717) is 29.9 Å². The van der Waals surface area contributed by atoms with Gasteiger partial charge >= 0.3 is 36.4 Å². The molecular formula is C32H31F9N4O7. The zero-order chi connectivity index (χ0) is 39.4. The second kappa shape index (κ2) is 18.2. The standard InChI is InChI=1S/C26H28N4O.3C2HF3O2/c27-23-9-3-8-22(12-23)26(31)29-14-18-4-1-6-20(10-18)21-7-2-5-19(11-21)16-30-17-24-13-25(30)15-28-24;3*3-2(4,5)1(6)7/h1-12,24-25,28H,13-17,27H2,(H,29,31);3*(H,6,7)/t24-,25+;;;/m0.../s1. The molecule has 11 nitrogen and oxygen atoms in total. The summed E-state index contributed by atoms with van der Waals surface area (Å²) in [5.74, 6) is -8.39. The van der Waals surface area contributed by atoms with Crippen LogP contribution in [0.1, 0.15) is 27.9 Å². The number of benzene rings is 3. The second-order valence-electron chi connectivity index (χ2n) is 11.0. The Kier molecular flexibility index (Phi) is 15.0. The number of hydrogen-bond donors (Lipinski definition) is 6. The molecule has 2 heterocycles. The lowest BCUT2D eigenvalue weighted by Crippen LogP contribution is -2.42. The van der Waals surface area contributed by atoms with Crippen LogP contribution in [0.5, 0.6) is 0 Å². The van der Waals surface area contributed by atoms with E-state index in [-0.39, 0.29) is 5.91 Å². The molecule has 20 heteroatoms. The Hall–Kier alpha value is -5.37. The summed E-state index contributed by atoms with van der Waals surface area (Å²) in [7, 11) is 0. The van der Waals surface area contributed by atoms with E-state index >= 15 is 0 Å². The first-order valence-electron chi connectivity index (χ1n) is 14.7. The van der Waals surface area contributed by atoms with Crippen molar-refractivity contribution in [2.75, 3.05) is 18.8 Å². The van der Waals surface area contributed by atoms with Crippen LogP contribution in [0.25, 0.3) is 11.1 Å². The number of nitrogen functional groups attached to an aromatic ring is 1. The Morgan fingerprint density at radius 2 is 1.19 bits per heavy atom. The summed E-state index contributed by atoms with van der Waals surface area (Å²) in [5, 5.41) is 27.9. The SMILES string of the molecule is Nc1cccc(C(=O)NCc2cccc(-c3cccc(CN4C[C@@H]5C[C@@H]4CN5)c3)c2)c1.O=C(O)C(F)(F)F.O=C(O)C(F)(F)F.O=C(O)C(F)(F)F. The lowest BCUT2D eigenvalue weighted by Gasteiger charge is -2.27. The number of rotatable bonds is 6. The van der Waals surface area contributed by atoms with Crippen LogP contribution >= 0.6 is 0 Å². The molecular weight excluding hydrogens is 723 g/mol. The van der Waals surface area contributed by atoms with Crippen molar-refractivity contribution in [1.29, 1.82) is 0 Å². The third-order valence-electron chi connectivity index (χ3n) is 7.07. The number of aliphatic carboxylic acids is 3. The quantitative estimate of drug-likeness (QED) is 0.143. The number of alkyl halides is 9. The van der Waals surface area contributed by atoms with Gasteiger partial charge in [-0.25, -0.2) is 14.4 Å². The predicted octanol–water partition coefficient (Wildman–Crippen LogP) is 5.31. The number of nitrogens with one attached hydrogen (secondary N) is 2. The van der Waals surface area contributed by atoms with Crippen molar-refractivity contribution >= 4 is 29.5 Å². The fourth-order valence-corrected chi connectivity index (χ4v) is 4.75. The molecule has 52 heavy (non-hydrogen) atoms. The topological polar surface area (TPSA) is 182 Å². The van der Waals surface area contributed by atoms with Crippen LogP contribution in [0.15, 0.2) is 72.8 Å². The Balaban J connectivity index is 0.000000365. The molecule has 5 rings (SSSR count). The number of nitrogens with zero attached hydrogens (tertiary/aromatic N) is 1. The number of amides is 1. The molecule has 284 valence electrons. The monoisotopic (exact) mass is 754 g/mol. The summed E-state index contributed by atoms with van der Waals surface area (Å²) in [6.45, 7) is 3.75. The number of anilines is 1. The molecule has 2 aliphatic heterocycles. The van der Waals surface area contributed by atoms with Crippen LogP contribution in [0.3, 0.4) is 0 Å². The van der Waals surface area contributed by atoms with Crippen LogP contribution in [-0.2, 0) is 27.5 Å². The minimum Gasteiger partial charge on any atom is -0.475 e. The minimum atomic E-state index is -5.08. The van der Waals surface area contributed by atoms with Gasteiger partial charge in [-0.15, -0.1) is 0 Å². The molecule has 2 bridgehead atoms. The summed E-state index contributed by atoms with van der Waals surface area (Å²) in [6.07, 6.45) is -14.0. The van der Waals surface area contributed by atoms with Gasteiger partial charge in [-0.3, -0.25) is 9.69 Å². The number of carboxylic acid groups (broad SMARTS) is 3. The highest BCUT2D eigenvalue weighted by Gasteiger charge is 2.40. The molecule has 0 aromatic heterocycles. The van der Waals surface area contributed by atoms with E-state index in [1.807, 2.05) is 6.07 Å². The van der Waals surface area contributed by atoms with Gasteiger partial charge < -0.3 is 31.7 Å². The number of carbonyl (C=O) groups is 4. The molecule has 0 aliphatic carbocycles. The average molecular weight is 755 g/mol. The van der Waals surface area contributed by atoms with E-state index in [0.717, 1.165) is 25.2 Å². The molecule has 2 saturated heterocycles. The number of nitrogens with two attached hydrogens (primary N) is 1. The number of piperazine rings is 1. The van der Waals surface area contributed by atoms with E-state index in [2.05, 4.69) is 58.0 Å². The van der Waals surface area contributed by atoms with Crippen molar-refractivity contribution in [2.45, 2.75) is 50.1 Å². The van der Waals surface area contributed by atoms with Crippen LogP contribution in [0.4, 0.5) is 45.2 Å². The number of carbonyl (C=O) groups excluding carboxylic acids is 1. The minimum absolute atomic E-state index is 0.117. The lowest BCUT2D eigenvalue weighted by molar-refractivity contribution is -0.193. The Labute approximate surface area is 288 Å². The van der Waals surface area contributed by atoms with E-state index in [1.165, 1.54) is 23.1 Å². The third kappa shape index (κ3) is 14.5. The highest BCUT2D eigenvalue weighted by atomic mass is 19.4. The zero-order valence-electron chi connectivity index (χ0n) is 26.5. The van der Waals surface area contributed by atoms with Crippen molar-refractivity contribution < 1.29 is 74.0 Å². The van der Waals surface area contributed by atoms with Gasteiger partial charge in [-0.2, -0.15) is 39.5 Å². The van der Waals surface area contributed by atoms with Crippen LogP contribution in [0.2, 0.25) is 0 Å². The fourth-order valence-electron chi connectivity index (χ4n) is 4.75. The van der Waals surface area contributed by atoms with E-state index in [1.54, 1.807) is 24.3 Å². The lowest BCUT2D eigenvalue weighted by atomic mass is 10.0. The van der Waals surface area contributed by atoms with Crippen molar-refractivity contribution in [3.63, 3.8) is 0 Å². The highest BCUT2D eigenvalue weighted by Crippen LogP contribution is 2.27. The van der Waals surface area contributed by atoms with Crippen LogP contribution in [-0.4, -0.2) is 87.7 Å². The van der Waals surface area contributed by atoms with Gasteiger partial charge in [0.05, 0.1) is 0 Å². The predicted molar refractivity (Wildman–Crippen MR) is 166 cm³/mol. The molecule has 2 atom stereocenters. The van der Waals surface area contributed by atoms with Gasteiger partial charge in [0.2, 0.25) is 0 Å². The van der Waals surface area contributed by atoms with E-state index < -0.39 is 36.4 Å². The molecule has 0 unspecified atom stereocenters. The fraction of sp³-hybridized carbons (Fsp3) is 0.312. The zero-order valence-corrected chi connectivity index (χ0v) is 26.5. The van der Waals surface area contributed by atoms with Crippen LogP contribution < -0.4 is 16.4 Å². The molecule has 7 N–H and O–H groups in total. The highest BCUT2D eigenvalue weighted by molar-refractivity contribution is 5.95. The third-order valence-corrected chi connectivity index (χ3v) is 7.07. The van der Waals surface area contributed by atoms with E-state index in [9.17, 15) is 44.3 Å². The second-order valence-corrected chi connectivity index (χ2v) is 11.0. The Morgan fingerprint density at radius 3 is 1.62 bits per heavy atom. The summed E-state index contributed by atoms with van der Waals surface area (Å²) >= 11 is 0. The number of fused-ring (bicyclic) bond motifs is 2. The maximum atomic E-state index is 12.4. The number of hydrogen-bond acceptors (Lipinski definition) is 7. The smallest absolute Gasteiger partial charge is 0.475 e. The Morgan fingerprint density at radius 1 is 0.731 bits per heavy atom. The number of carboxylic acids is 3. The first kappa shape index (κ1) is 42.8. The molecule has 0 spiro atoms. The normalized spacial score (nSPS) is 16.6. The molecule has 1 amide bonds. The summed E-state index contributed by atoms with van der Waals surface area (Å²) in [6, 6.07) is 25.6. The van der Waals surface area contributed by atoms with Gasteiger partial charge in [0.15, 0.2) is 0 Å².